The molecule has 0 aliphatic carbocycles. The van der Waals surface area contributed by atoms with Crippen LogP contribution in [-0.4, -0.2) is 0 Å². The molecule has 0 saturated carbocycles. The molecule has 0 heterocycles. The zero-order chi connectivity index (χ0) is 10.4. The Bertz CT molecular complexity index is 349. The van der Waals surface area contributed by atoms with Gasteiger partial charge in [-0.1, -0.05) is 34.1 Å². The van der Waals surface area contributed by atoms with Crippen molar-refractivity contribution in [1.82, 2.24) is 0 Å². The molecule has 14 heavy (non-hydrogen) atoms. The third-order valence-electron chi connectivity index (χ3n) is 2.06. The topological polar surface area (TPSA) is 26.0 Å². The summed E-state index contributed by atoms with van der Waals surface area (Å²) in [5.41, 5.74) is 7.20. The molecule has 1 rings (SSSR count). The van der Waals surface area contributed by atoms with E-state index in [4.69, 9.17) is 5.73 Å². The minimum Gasteiger partial charge on any atom is -0.324 e. The standard InChI is InChI=1S/C12H14BrN/c1-2-3-4-9-12(14)10-7-5-6-8-11(10)13/h5-8,12H,4,9,14H2,1H3. The van der Waals surface area contributed by atoms with Crippen molar-refractivity contribution in [1.29, 1.82) is 0 Å². The van der Waals surface area contributed by atoms with Gasteiger partial charge in [-0.05, 0) is 25.0 Å². The number of benzene rings is 1. The van der Waals surface area contributed by atoms with Crippen LogP contribution in [0.4, 0.5) is 0 Å². The average Bonchev–Trinajstić information content (AvgIpc) is 2.18. The van der Waals surface area contributed by atoms with Crippen molar-refractivity contribution in [3.05, 3.63) is 34.3 Å². The van der Waals surface area contributed by atoms with Crippen molar-refractivity contribution in [3.63, 3.8) is 0 Å². The van der Waals surface area contributed by atoms with Crippen LogP contribution >= 0.6 is 15.9 Å². The highest BCUT2D eigenvalue weighted by atomic mass is 79.9. The molecule has 74 valence electrons. The normalized spacial score (nSPS) is 11.6. The number of halogens is 1. The van der Waals surface area contributed by atoms with E-state index in [0.717, 1.165) is 22.9 Å². The largest absolute Gasteiger partial charge is 0.324 e. The fraction of sp³-hybridized carbons (Fsp3) is 0.333. The summed E-state index contributed by atoms with van der Waals surface area (Å²) in [6, 6.07) is 8.14. The highest BCUT2D eigenvalue weighted by Crippen LogP contribution is 2.24. The fourth-order valence-corrected chi connectivity index (χ4v) is 1.86. The molecule has 0 saturated heterocycles. The molecule has 1 nitrogen and oxygen atoms in total. The lowest BCUT2D eigenvalue weighted by Crippen LogP contribution is -2.10. The molecule has 0 radical (unpaired) electrons. The van der Waals surface area contributed by atoms with Gasteiger partial charge in [0.25, 0.3) is 0 Å². The molecule has 2 N–H and O–H groups in total. The second kappa shape index (κ2) is 5.85. The average molecular weight is 252 g/mol. The van der Waals surface area contributed by atoms with Gasteiger partial charge in [0.2, 0.25) is 0 Å². The number of hydrogen-bond donors (Lipinski definition) is 1. The predicted molar refractivity (Wildman–Crippen MR) is 63.8 cm³/mol. The number of hydrogen-bond acceptors (Lipinski definition) is 1. The molecule has 0 aromatic heterocycles. The summed E-state index contributed by atoms with van der Waals surface area (Å²) in [4.78, 5) is 0. The molecule has 0 fully saturated rings. The van der Waals surface area contributed by atoms with Gasteiger partial charge in [0.05, 0.1) is 0 Å². The van der Waals surface area contributed by atoms with Crippen LogP contribution in [0.25, 0.3) is 0 Å². The maximum Gasteiger partial charge on any atom is 0.0315 e. The second-order valence-electron chi connectivity index (χ2n) is 3.09. The third kappa shape index (κ3) is 3.17. The Balaban J connectivity index is 2.63. The Labute approximate surface area is 93.8 Å². The molecular formula is C12H14BrN. The molecular weight excluding hydrogens is 238 g/mol. The smallest absolute Gasteiger partial charge is 0.0315 e. The van der Waals surface area contributed by atoms with E-state index in [-0.39, 0.29) is 6.04 Å². The molecule has 1 aromatic rings. The molecule has 0 amide bonds. The van der Waals surface area contributed by atoms with Crippen LogP contribution in [0.3, 0.4) is 0 Å². The van der Waals surface area contributed by atoms with Crippen molar-refractivity contribution >= 4 is 15.9 Å². The third-order valence-corrected chi connectivity index (χ3v) is 2.78. The minimum atomic E-state index is 0.0754. The highest BCUT2D eigenvalue weighted by Gasteiger charge is 2.07. The summed E-state index contributed by atoms with van der Waals surface area (Å²) in [7, 11) is 0. The van der Waals surface area contributed by atoms with E-state index in [9.17, 15) is 0 Å². The van der Waals surface area contributed by atoms with Crippen LogP contribution < -0.4 is 5.73 Å². The molecule has 0 aliphatic heterocycles. The first-order chi connectivity index (χ1) is 6.75. The summed E-state index contributed by atoms with van der Waals surface area (Å²) in [5, 5.41) is 0. The lowest BCUT2D eigenvalue weighted by Gasteiger charge is -2.11. The highest BCUT2D eigenvalue weighted by molar-refractivity contribution is 9.10. The van der Waals surface area contributed by atoms with Gasteiger partial charge < -0.3 is 5.73 Å². The zero-order valence-electron chi connectivity index (χ0n) is 8.26. The molecule has 1 atom stereocenters. The first-order valence-corrected chi connectivity index (χ1v) is 5.44. The van der Waals surface area contributed by atoms with E-state index in [1.807, 2.05) is 31.2 Å². The Morgan fingerprint density at radius 1 is 1.43 bits per heavy atom. The summed E-state index contributed by atoms with van der Waals surface area (Å²) in [5.74, 6) is 5.89. The van der Waals surface area contributed by atoms with E-state index in [1.54, 1.807) is 0 Å². The molecule has 2 heteroatoms. The van der Waals surface area contributed by atoms with Crippen LogP contribution in [0.5, 0.6) is 0 Å². The van der Waals surface area contributed by atoms with Crippen molar-refractivity contribution in [2.45, 2.75) is 25.8 Å². The summed E-state index contributed by atoms with van der Waals surface area (Å²) >= 11 is 3.49. The van der Waals surface area contributed by atoms with Crippen molar-refractivity contribution in [2.24, 2.45) is 5.73 Å². The van der Waals surface area contributed by atoms with Gasteiger partial charge in [0, 0.05) is 16.9 Å². The molecule has 0 aliphatic rings. The van der Waals surface area contributed by atoms with Crippen LogP contribution in [0.2, 0.25) is 0 Å². The van der Waals surface area contributed by atoms with Crippen molar-refractivity contribution in [2.75, 3.05) is 0 Å². The second-order valence-corrected chi connectivity index (χ2v) is 3.95. The van der Waals surface area contributed by atoms with Gasteiger partial charge in [-0.25, -0.2) is 0 Å². The van der Waals surface area contributed by atoms with Gasteiger partial charge >= 0.3 is 0 Å². The summed E-state index contributed by atoms with van der Waals surface area (Å²) in [6.45, 7) is 1.85. The Morgan fingerprint density at radius 3 is 2.79 bits per heavy atom. The van der Waals surface area contributed by atoms with Crippen molar-refractivity contribution in [3.8, 4) is 11.8 Å². The summed E-state index contributed by atoms with van der Waals surface area (Å²) in [6.07, 6.45) is 1.77. The van der Waals surface area contributed by atoms with Gasteiger partial charge in [0.15, 0.2) is 0 Å². The van der Waals surface area contributed by atoms with Crippen LogP contribution in [-0.2, 0) is 0 Å². The molecule has 1 aromatic carbocycles. The number of nitrogens with two attached hydrogens (primary N) is 1. The quantitative estimate of drug-likeness (QED) is 0.821. The van der Waals surface area contributed by atoms with E-state index >= 15 is 0 Å². The first-order valence-electron chi connectivity index (χ1n) is 4.65. The van der Waals surface area contributed by atoms with Gasteiger partial charge in [0.1, 0.15) is 0 Å². The Kier molecular flexibility index (Phi) is 4.72. The van der Waals surface area contributed by atoms with Gasteiger partial charge in [-0.3, -0.25) is 0 Å². The van der Waals surface area contributed by atoms with Crippen molar-refractivity contribution < 1.29 is 0 Å². The first kappa shape index (κ1) is 11.3. The monoisotopic (exact) mass is 251 g/mol. The fourth-order valence-electron chi connectivity index (χ4n) is 1.28. The maximum absolute atomic E-state index is 6.04. The van der Waals surface area contributed by atoms with Gasteiger partial charge in [-0.2, -0.15) is 0 Å². The minimum absolute atomic E-state index is 0.0754. The maximum atomic E-state index is 6.04. The SMILES string of the molecule is CC#CCCC(N)c1ccccc1Br. The lowest BCUT2D eigenvalue weighted by molar-refractivity contribution is 0.665. The lowest BCUT2D eigenvalue weighted by atomic mass is 10.0. The van der Waals surface area contributed by atoms with Crippen LogP contribution in [0.15, 0.2) is 28.7 Å². The van der Waals surface area contributed by atoms with Gasteiger partial charge in [-0.15, -0.1) is 11.8 Å². The van der Waals surface area contributed by atoms with Crippen LogP contribution in [0, 0.1) is 11.8 Å². The van der Waals surface area contributed by atoms with E-state index in [2.05, 4.69) is 27.8 Å². The van der Waals surface area contributed by atoms with E-state index in [1.165, 1.54) is 0 Å². The van der Waals surface area contributed by atoms with E-state index < -0.39 is 0 Å². The number of rotatable bonds is 3. The molecule has 0 spiro atoms. The predicted octanol–water partition coefficient (Wildman–Crippen LogP) is 3.25. The molecule has 0 bridgehead atoms. The molecule has 1 unspecified atom stereocenters. The van der Waals surface area contributed by atoms with E-state index in [0.29, 0.717) is 0 Å². The van der Waals surface area contributed by atoms with Crippen LogP contribution in [0.1, 0.15) is 31.4 Å². The Hall–Kier alpha value is -0.780. The Morgan fingerprint density at radius 2 is 2.14 bits per heavy atom. The zero-order valence-corrected chi connectivity index (χ0v) is 9.84. The summed E-state index contributed by atoms with van der Waals surface area (Å²) < 4.78 is 1.08.